The van der Waals surface area contributed by atoms with Crippen LogP contribution in [0.15, 0.2) is 15.8 Å². The zero-order valence-electron chi connectivity index (χ0n) is 11.8. The highest BCUT2D eigenvalue weighted by Gasteiger charge is 2.53. The molecule has 2 aliphatic rings. The fraction of sp³-hybridized carbons (Fsp3) is 0.583. The maximum atomic E-state index is 11.9. The highest BCUT2D eigenvalue weighted by Crippen LogP contribution is 2.37. The number of H-pyrrole nitrogens is 2. The van der Waals surface area contributed by atoms with E-state index >= 15 is 0 Å². The van der Waals surface area contributed by atoms with E-state index in [9.17, 15) is 24.6 Å². The number of hydrogen-bond donors (Lipinski definition) is 6. The summed E-state index contributed by atoms with van der Waals surface area (Å²) in [4.78, 5) is 38.3. The van der Waals surface area contributed by atoms with Crippen molar-refractivity contribution in [3.05, 3.63) is 32.6 Å². The molecule has 2 fully saturated rings. The fourth-order valence-electron chi connectivity index (χ4n) is 2.94. The summed E-state index contributed by atoms with van der Waals surface area (Å²) >= 11 is 0. The van der Waals surface area contributed by atoms with Crippen molar-refractivity contribution in [1.29, 1.82) is 0 Å². The third-order valence-electron chi connectivity index (χ3n) is 3.97. The molecule has 0 aromatic carbocycles. The Hall–Kier alpha value is -2.21. The number of rotatable bonds is 2. The summed E-state index contributed by atoms with van der Waals surface area (Å²) in [7, 11) is 0. The minimum Gasteiger partial charge on any atom is -0.388 e. The van der Waals surface area contributed by atoms with Crippen LogP contribution >= 0.6 is 0 Å². The number of nitrogens with one attached hydrogen (secondary N) is 3. The van der Waals surface area contributed by atoms with E-state index in [1.54, 1.807) is 0 Å². The van der Waals surface area contributed by atoms with Gasteiger partial charge in [0.1, 0.15) is 30.5 Å². The maximum absolute atomic E-state index is 11.9. The molecular formula is C12H16N4O7. The van der Waals surface area contributed by atoms with Crippen molar-refractivity contribution in [3.8, 4) is 0 Å². The van der Waals surface area contributed by atoms with Crippen LogP contribution in [0, 0.1) is 0 Å². The zero-order valence-corrected chi connectivity index (χ0v) is 11.8. The van der Waals surface area contributed by atoms with Gasteiger partial charge in [-0.25, -0.2) is 9.59 Å². The first-order valence-electron chi connectivity index (χ1n) is 6.89. The molecule has 3 rings (SSSR count). The number of aliphatic hydroxyl groups excluding tert-OH is 2. The molecular weight excluding hydrogens is 312 g/mol. The predicted octanol–water partition coefficient (Wildman–Crippen LogP) is -3.34. The van der Waals surface area contributed by atoms with E-state index in [0.717, 1.165) is 6.20 Å². The van der Waals surface area contributed by atoms with Gasteiger partial charge in [0.05, 0.1) is 18.2 Å². The number of carbonyl (C=O) groups excluding carboxylic acids is 1. The SMILES string of the molecule is NC(=O)N[C@H]1[C@H]2O[C@@H](c3c[nH]c(=O)[nH]c3=O)[C@H](O)[C@@H]2OC[C@H]1O. The highest BCUT2D eigenvalue weighted by atomic mass is 16.6. The van der Waals surface area contributed by atoms with Crippen LogP contribution in [-0.4, -0.2) is 63.3 Å². The first-order chi connectivity index (χ1) is 10.9. The van der Waals surface area contributed by atoms with Crippen LogP contribution in [0.5, 0.6) is 0 Å². The smallest absolute Gasteiger partial charge is 0.325 e. The van der Waals surface area contributed by atoms with E-state index in [0.29, 0.717) is 0 Å². The van der Waals surface area contributed by atoms with Gasteiger partial charge < -0.3 is 35.7 Å². The molecule has 7 N–H and O–H groups in total. The molecule has 0 aliphatic carbocycles. The van der Waals surface area contributed by atoms with Gasteiger partial charge in [0.15, 0.2) is 0 Å². The average molecular weight is 328 g/mol. The Kier molecular flexibility index (Phi) is 3.93. The average Bonchev–Trinajstić information content (AvgIpc) is 2.79. The summed E-state index contributed by atoms with van der Waals surface area (Å²) in [6.45, 7) is -0.138. The van der Waals surface area contributed by atoms with Crippen molar-refractivity contribution in [2.45, 2.75) is 36.6 Å². The molecule has 0 radical (unpaired) electrons. The van der Waals surface area contributed by atoms with E-state index in [1.807, 2.05) is 4.98 Å². The number of fused-ring (bicyclic) bond motifs is 1. The fourth-order valence-corrected chi connectivity index (χ4v) is 2.94. The van der Waals surface area contributed by atoms with Crippen LogP contribution in [0.1, 0.15) is 11.7 Å². The topological polar surface area (TPSA) is 180 Å². The molecule has 2 saturated heterocycles. The number of aromatic amines is 2. The van der Waals surface area contributed by atoms with E-state index in [4.69, 9.17) is 15.2 Å². The first-order valence-corrected chi connectivity index (χ1v) is 6.89. The summed E-state index contributed by atoms with van der Waals surface area (Å²) in [5, 5.41) is 22.6. The summed E-state index contributed by atoms with van der Waals surface area (Å²) in [6.07, 6.45) is -4.03. The Morgan fingerprint density at radius 2 is 2.09 bits per heavy atom. The van der Waals surface area contributed by atoms with Gasteiger partial charge in [-0.05, 0) is 0 Å². The summed E-state index contributed by atoms with van der Waals surface area (Å²) in [5.41, 5.74) is 3.67. The lowest BCUT2D eigenvalue weighted by Gasteiger charge is -2.36. The Balaban J connectivity index is 1.91. The second-order valence-electron chi connectivity index (χ2n) is 5.44. The molecule has 1 aromatic heterocycles. The van der Waals surface area contributed by atoms with E-state index in [2.05, 4.69) is 10.3 Å². The normalized spacial score (nSPS) is 36.4. The second-order valence-corrected chi connectivity index (χ2v) is 5.44. The molecule has 0 unspecified atom stereocenters. The Morgan fingerprint density at radius 1 is 1.35 bits per heavy atom. The van der Waals surface area contributed by atoms with Crippen LogP contribution in [0.2, 0.25) is 0 Å². The molecule has 23 heavy (non-hydrogen) atoms. The molecule has 1 aromatic rings. The number of aliphatic hydroxyl groups is 2. The molecule has 11 nitrogen and oxygen atoms in total. The molecule has 6 atom stereocenters. The quantitative estimate of drug-likeness (QED) is 0.328. The van der Waals surface area contributed by atoms with Gasteiger partial charge in [-0.15, -0.1) is 0 Å². The Morgan fingerprint density at radius 3 is 2.74 bits per heavy atom. The van der Waals surface area contributed by atoms with Gasteiger partial charge in [0.25, 0.3) is 5.56 Å². The van der Waals surface area contributed by atoms with Gasteiger partial charge >= 0.3 is 11.7 Å². The number of hydrogen-bond acceptors (Lipinski definition) is 7. The minimum atomic E-state index is -1.23. The summed E-state index contributed by atoms with van der Waals surface area (Å²) in [6, 6.07) is -1.76. The first kappa shape index (κ1) is 15.7. The molecule has 126 valence electrons. The van der Waals surface area contributed by atoms with Crippen LogP contribution < -0.4 is 22.3 Å². The van der Waals surface area contributed by atoms with Crippen molar-refractivity contribution < 1.29 is 24.5 Å². The number of amides is 2. The number of primary amides is 1. The third kappa shape index (κ3) is 2.74. The highest BCUT2D eigenvalue weighted by molar-refractivity contribution is 5.72. The summed E-state index contributed by atoms with van der Waals surface area (Å²) < 4.78 is 11.0. The third-order valence-corrected chi connectivity index (χ3v) is 3.97. The van der Waals surface area contributed by atoms with Crippen molar-refractivity contribution >= 4 is 6.03 Å². The van der Waals surface area contributed by atoms with Gasteiger partial charge in [0.2, 0.25) is 0 Å². The lowest BCUT2D eigenvalue weighted by Crippen LogP contribution is -2.61. The Labute approximate surface area is 128 Å². The van der Waals surface area contributed by atoms with Crippen LogP contribution in [0.4, 0.5) is 4.79 Å². The number of aromatic nitrogens is 2. The van der Waals surface area contributed by atoms with Crippen molar-refractivity contribution in [3.63, 3.8) is 0 Å². The maximum Gasteiger partial charge on any atom is 0.325 e. The molecule has 0 spiro atoms. The largest absolute Gasteiger partial charge is 0.388 e. The number of ether oxygens (including phenoxy) is 2. The van der Waals surface area contributed by atoms with Gasteiger partial charge in [-0.2, -0.15) is 0 Å². The van der Waals surface area contributed by atoms with Gasteiger partial charge in [-0.1, -0.05) is 0 Å². The standard InChI is InChI=1S/C12H16N4O7/c13-11(20)15-5-4(17)2-22-9-6(18)7(23-8(5)9)3-1-14-12(21)16-10(3)19/h1,4-9,17-18H,2H2,(H3,13,15,20)(H2,14,16,19,21)/t4-,5-,6+,7+,8-,9+/m1/s1. The molecule has 3 heterocycles. The number of nitrogens with two attached hydrogens (primary N) is 1. The van der Waals surface area contributed by atoms with E-state index in [1.165, 1.54) is 0 Å². The number of carbonyl (C=O) groups is 1. The van der Waals surface area contributed by atoms with E-state index in [-0.39, 0.29) is 12.2 Å². The van der Waals surface area contributed by atoms with Gasteiger partial charge in [-0.3, -0.25) is 9.78 Å². The molecule has 0 saturated carbocycles. The molecule has 0 bridgehead atoms. The molecule has 11 heteroatoms. The van der Waals surface area contributed by atoms with Crippen LogP contribution in [-0.2, 0) is 9.47 Å². The lowest BCUT2D eigenvalue weighted by atomic mass is 9.94. The summed E-state index contributed by atoms with van der Waals surface area (Å²) in [5.74, 6) is 0. The lowest BCUT2D eigenvalue weighted by molar-refractivity contribution is -0.134. The zero-order chi connectivity index (χ0) is 16.7. The van der Waals surface area contributed by atoms with Crippen LogP contribution in [0.3, 0.4) is 0 Å². The minimum absolute atomic E-state index is 0.00224. The predicted molar refractivity (Wildman–Crippen MR) is 73.6 cm³/mol. The van der Waals surface area contributed by atoms with Crippen molar-refractivity contribution in [2.24, 2.45) is 5.73 Å². The monoisotopic (exact) mass is 328 g/mol. The number of urea groups is 1. The second kappa shape index (κ2) is 5.77. The Bertz CT molecular complexity index is 716. The van der Waals surface area contributed by atoms with Crippen molar-refractivity contribution in [2.75, 3.05) is 6.61 Å². The molecule has 2 aliphatic heterocycles. The van der Waals surface area contributed by atoms with Crippen LogP contribution in [0.25, 0.3) is 0 Å². The van der Waals surface area contributed by atoms with E-state index < -0.39 is 53.8 Å². The van der Waals surface area contributed by atoms with Crippen molar-refractivity contribution in [1.82, 2.24) is 15.3 Å². The molecule has 2 amide bonds. The van der Waals surface area contributed by atoms with Gasteiger partial charge in [0, 0.05) is 6.20 Å².